The van der Waals surface area contributed by atoms with E-state index in [0.717, 1.165) is 11.1 Å². The SMILES string of the molecule is Cc1cc(Cl)cc(C)c1OCC(=O)OCC(=O)N[C@]1(C)CCS(=O)(=O)C1. The molecule has 0 radical (unpaired) electrons. The standard InChI is InChI=1S/C17H22ClNO6S/c1-11-6-13(18)7-12(2)16(11)25-9-15(21)24-8-14(20)19-17(3)4-5-26(22,23)10-17/h6-7H,4-5,8-10H2,1-3H3,(H,19,20)/t17-/m1/s1. The summed E-state index contributed by atoms with van der Waals surface area (Å²) in [5.41, 5.74) is 0.753. The summed E-state index contributed by atoms with van der Waals surface area (Å²) in [6.45, 7) is 4.44. The van der Waals surface area contributed by atoms with Crippen LogP contribution in [0.5, 0.6) is 5.75 Å². The quantitative estimate of drug-likeness (QED) is 0.724. The van der Waals surface area contributed by atoms with E-state index in [0.29, 0.717) is 17.2 Å². The molecule has 1 aromatic rings. The summed E-state index contributed by atoms with van der Waals surface area (Å²) in [6, 6.07) is 3.44. The fourth-order valence-corrected chi connectivity index (χ4v) is 5.35. The third-order valence-electron chi connectivity index (χ3n) is 4.07. The highest BCUT2D eigenvalue weighted by Gasteiger charge is 2.39. The molecule has 1 heterocycles. The Kier molecular flexibility index (Phi) is 6.18. The molecular weight excluding hydrogens is 382 g/mol. The molecule has 1 N–H and O–H groups in total. The number of ether oxygens (including phenoxy) is 2. The van der Waals surface area contributed by atoms with Crippen molar-refractivity contribution in [3.63, 3.8) is 0 Å². The first-order valence-corrected chi connectivity index (χ1v) is 10.3. The second-order valence-electron chi connectivity index (χ2n) is 6.77. The lowest BCUT2D eigenvalue weighted by molar-refractivity contribution is -0.150. The van der Waals surface area contributed by atoms with Crippen molar-refractivity contribution in [2.24, 2.45) is 0 Å². The average Bonchev–Trinajstić information content (AvgIpc) is 2.77. The smallest absolute Gasteiger partial charge is 0.344 e. The van der Waals surface area contributed by atoms with E-state index < -0.39 is 33.9 Å². The van der Waals surface area contributed by atoms with Gasteiger partial charge in [0.25, 0.3) is 5.91 Å². The van der Waals surface area contributed by atoms with E-state index in [1.165, 1.54) is 0 Å². The lowest BCUT2D eigenvalue weighted by atomic mass is 10.0. The maximum absolute atomic E-state index is 11.9. The fourth-order valence-electron chi connectivity index (χ4n) is 2.93. The van der Waals surface area contributed by atoms with E-state index in [2.05, 4.69) is 5.32 Å². The molecule has 26 heavy (non-hydrogen) atoms. The fraction of sp³-hybridized carbons (Fsp3) is 0.529. The molecule has 1 saturated heterocycles. The summed E-state index contributed by atoms with van der Waals surface area (Å²) >= 11 is 5.94. The Bertz CT molecular complexity index is 800. The van der Waals surface area contributed by atoms with Gasteiger partial charge in [-0.1, -0.05) is 11.6 Å². The van der Waals surface area contributed by atoms with Gasteiger partial charge in [-0.05, 0) is 50.5 Å². The van der Waals surface area contributed by atoms with Gasteiger partial charge in [-0.3, -0.25) is 4.79 Å². The molecule has 0 saturated carbocycles. The van der Waals surface area contributed by atoms with Crippen molar-refractivity contribution in [1.82, 2.24) is 5.32 Å². The van der Waals surface area contributed by atoms with Crippen LogP contribution >= 0.6 is 11.6 Å². The number of rotatable bonds is 6. The Morgan fingerprint density at radius 1 is 1.23 bits per heavy atom. The Morgan fingerprint density at radius 2 is 1.85 bits per heavy atom. The van der Waals surface area contributed by atoms with Crippen molar-refractivity contribution in [2.45, 2.75) is 32.7 Å². The van der Waals surface area contributed by atoms with Crippen LogP contribution in [0, 0.1) is 13.8 Å². The highest BCUT2D eigenvalue weighted by Crippen LogP contribution is 2.27. The van der Waals surface area contributed by atoms with Gasteiger partial charge in [-0.25, -0.2) is 13.2 Å². The minimum atomic E-state index is -3.13. The number of amides is 1. The summed E-state index contributed by atoms with van der Waals surface area (Å²) in [4.78, 5) is 23.7. The van der Waals surface area contributed by atoms with Crippen molar-refractivity contribution >= 4 is 33.3 Å². The number of hydrogen-bond acceptors (Lipinski definition) is 6. The Morgan fingerprint density at radius 3 is 2.38 bits per heavy atom. The number of benzene rings is 1. The predicted octanol–water partition coefficient (Wildman–Crippen LogP) is 1.57. The number of sulfone groups is 1. The van der Waals surface area contributed by atoms with E-state index in [9.17, 15) is 18.0 Å². The van der Waals surface area contributed by atoms with Crippen molar-refractivity contribution < 1.29 is 27.5 Å². The molecule has 1 aliphatic rings. The maximum atomic E-state index is 11.9. The van der Waals surface area contributed by atoms with Crippen LogP contribution in [0.4, 0.5) is 0 Å². The molecule has 0 aliphatic carbocycles. The molecular formula is C17H22ClNO6S. The van der Waals surface area contributed by atoms with Crippen LogP contribution in [0.1, 0.15) is 24.5 Å². The van der Waals surface area contributed by atoms with E-state index in [1.807, 2.05) is 13.8 Å². The second-order valence-corrected chi connectivity index (χ2v) is 9.39. The maximum Gasteiger partial charge on any atom is 0.344 e. The van der Waals surface area contributed by atoms with Crippen molar-refractivity contribution in [3.8, 4) is 5.75 Å². The summed E-state index contributed by atoms with van der Waals surface area (Å²) in [6.07, 6.45) is 0.341. The average molecular weight is 404 g/mol. The van der Waals surface area contributed by atoms with E-state index in [4.69, 9.17) is 21.1 Å². The highest BCUT2D eigenvalue weighted by molar-refractivity contribution is 7.91. The largest absolute Gasteiger partial charge is 0.481 e. The van der Waals surface area contributed by atoms with Gasteiger partial charge < -0.3 is 14.8 Å². The lowest BCUT2D eigenvalue weighted by Gasteiger charge is -2.23. The third kappa shape index (κ3) is 5.60. The van der Waals surface area contributed by atoms with Gasteiger partial charge in [0, 0.05) is 5.02 Å². The first-order valence-electron chi connectivity index (χ1n) is 8.06. The molecule has 1 aromatic carbocycles. The third-order valence-corrected chi connectivity index (χ3v) is 6.19. The zero-order valence-electron chi connectivity index (χ0n) is 14.9. The van der Waals surface area contributed by atoms with E-state index >= 15 is 0 Å². The van der Waals surface area contributed by atoms with Gasteiger partial charge in [-0.15, -0.1) is 0 Å². The molecule has 1 fully saturated rings. The van der Waals surface area contributed by atoms with Crippen molar-refractivity contribution in [2.75, 3.05) is 24.7 Å². The number of halogens is 1. The molecule has 0 spiro atoms. The van der Waals surface area contributed by atoms with Crippen molar-refractivity contribution in [3.05, 3.63) is 28.3 Å². The number of aryl methyl sites for hydroxylation is 2. The molecule has 7 nitrogen and oxygen atoms in total. The molecule has 9 heteroatoms. The first-order chi connectivity index (χ1) is 12.0. The molecule has 0 bridgehead atoms. The Labute approximate surface area is 157 Å². The molecule has 144 valence electrons. The van der Waals surface area contributed by atoms with Crippen LogP contribution in [0.2, 0.25) is 5.02 Å². The van der Waals surface area contributed by atoms with Gasteiger partial charge in [0.05, 0.1) is 17.0 Å². The van der Waals surface area contributed by atoms with Crippen molar-refractivity contribution in [1.29, 1.82) is 0 Å². The van der Waals surface area contributed by atoms with E-state index in [-0.39, 0.29) is 18.1 Å². The number of esters is 1. The summed E-state index contributed by atoms with van der Waals surface area (Å²) in [7, 11) is -3.13. The van der Waals surface area contributed by atoms with Crippen LogP contribution in [-0.2, 0) is 24.2 Å². The number of carbonyl (C=O) groups is 2. The molecule has 0 aromatic heterocycles. The number of nitrogens with one attached hydrogen (secondary N) is 1. The zero-order chi connectivity index (χ0) is 19.5. The van der Waals surface area contributed by atoms with Crippen LogP contribution in [0.15, 0.2) is 12.1 Å². The Balaban J connectivity index is 1.79. The van der Waals surface area contributed by atoms with Gasteiger partial charge in [0.2, 0.25) is 0 Å². The molecule has 0 unspecified atom stereocenters. The first kappa shape index (κ1) is 20.5. The number of carbonyl (C=O) groups excluding carboxylic acids is 2. The van der Waals surface area contributed by atoms with Gasteiger partial charge in [0.1, 0.15) is 5.75 Å². The van der Waals surface area contributed by atoms with Crippen LogP contribution in [0.3, 0.4) is 0 Å². The lowest BCUT2D eigenvalue weighted by Crippen LogP contribution is -2.48. The molecule has 1 aliphatic heterocycles. The summed E-state index contributed by atoms with van der Waals surface area (Å²) in [5.74, 6) is -0.774. The normalized spacial score (nSPS) is 21.2. The van der Waals surface area contributed by atoms with Gasteiger partial charge in [-0.2, -0.15) is 0 Å². The zero-order valence-corrected chi connectivity index (χ0v) is 16.5. The molecule has 1 atom stereocenters. The topological polar surface area (TPSA) is 98.8 Å². The van der Waals surface area contributed by atoms with Crippen LogP contribution in [0.25, 0.3) is 0 Å². The van der Waals surface area contributed by atoms with Crippen LogP contribution in [-0.4, -0.2) is 50.6 Å². The second kappa shape index (κ2) is 7.84. The minimum absolute atomic E-state index is 0.0389. The van der Waals surface area contributed by atoms with Gasteiger partial charge in [0.15, 0.2) is 23.1 Å². The Hall–Kier alpha value is -1.80. The predicted molar refractivity (Wildman–Crippen MR) is 97.2 cm³/mol. The van der Waals surface area contributed by atoms with Gasteiger partial charge >= 0.3 is 5.97 Å². The summed E-state index contributed by atoms with van der Waals surface area (Å²) in [5, 5.41) is 3.19. The summed E-state index contributed by atoms with van der Waals surface area (Å²) < 4.78 is 33.4. The minimum Gasteiger partial charge on any atom is -0.481 e. The number of hydrogen-bond donors (Lipinski definition) is 1. The molecule has 2 rings (SSSR count). The van der Waals surface area contributed by atoms with E-state index in [1.54, 1.807) is 19.1 Å². The monoisotopic (exact) mass is 403 g/mol. The molecule has 1 amide bonds. The highest BCUT2D eigenvalue weighted by atomic mass is 35.5. The van der Waals surface area contributed by atoms with Crippen LogP contribution < -0.4 is 10.1 Å².